The predicted molar refractivity (Wildman–Crippen MR) is 99.9 cm³/mol. The van der Waals surface area contributed by atoms with E-state index in [9.17, 15) is 4.79 Å². The molecule has 3 aliphatic heterocycles. The highest BCUT2D eigenvalue weighted by atomic mass is 16.1. The standard InChI is InChI=1S/C20H25N5O/c26-18(15-9-13-3-1-2-4-14(13)23-15)20-11-21-8-5-16(20)24-25-12-19(6-7-19)22-10-17(20)25/h1-4,9,16-17,21-24H,5-8,10-12H2. The van der Waals surface area contributed by atoms with E-state index in [1.165, 1.54) is 12.8 Å². The van der Waals surface area contributed by atoms with Crippen LogP contribution in [-0.2, 0) is 0 Å². The first-order chi connectivity index (χ1) is 12.7. The second-order valence-electron chi connectivity index (χ2n) is 8.59. The van der Waals surface area contributed by atoms with Crippen molar-refractivity contribution in [2.24, 2.45) is 5.41 Å². The number of carbonyl (C=O) groups is 1. The number of fused-ring (bicyclic) bond motifs is 4. The maximum atomic E-state index is 13.8. The number of nitrogens with zero attached hydrogens (tertiary/aromatic N) is 1. The van der Waals surface area contributed by atoms with E-state index in [0.29, 0.717) is 5.54 Å². The van der Waals surface area contributed by atoms with Crippen molar-refractivity contribution in [1.29, 1.82) is 0 Å². The average molecular weight is 351 g/mol. The van der Waals surface area contributed by atoms with Crippen LogP contribution in [-0.4, -0.2) is 59.6 Å². The van der Waals surface area contributed by atoms with Crippen LogP contribution in [0.5, 0.6) is 0 Å². The van der Waals surface area contributed by atoms with Crippen LogP contribution in [0.15, 0.2) is 30.3 Å². The number of hydrazine groups is 1. The van der Waals surface area contributed by atoms with Gasteiger partial charge in [0.05, 0.1) is 17.2 Å². The summed E-state index contributed by atoms with van der Waals surface area (Å²) in [5, 5.41) is 10.8. The molecule has 6 heteroatoms. The fraction of sp³-hybridized carbons (Fsp3) is 0.550. The van der Waals surface area contributed by atoms with Gasteiger partial charge in [-0.2, -0.15) is 0 Å². The molecule has 4 heterocycles. The molecule has 1 aromatic heterocycles. The van der Waals surface area contributed by atoms with Crippen molar-refractivity contribution in [3.8, 4) is 0 Å². The maximum absolute atomic E-state index is 13.8. The minimum atomic E-state index is -0.414. The molecule has 0 radical (unpaired) electrons. The van der Waals surface area contributed by atoms with Crippen molar-refractivity contribution in [2.45, 2.75) is 36.9 Å². The van der Waals surface area contributed by atoms with Gasteiger partial charge in [-0.1, -0.05) is 18.2 Å². The highest BCUT2D eigenvalue weighted by Crippen LogP contribution is 2.47. The molecule has 6 rings (SSSR count). The number of benzene rings is 1. The van der Waals surface area contributed by atoms with E-state index in [1.54, 1.807) is 0 Å². The fourth-order valence-electron chi connectivity index (χ4n) is 5.49. The number of aromatic amines is 1. The molecule has 4 fully saturated rings. The zero-order valence-electron chi connectivity index (χ0n) is 14.8. The monoisotopic (exact) mass is 351 g/mol. The van der Waals surface area contributed by atoms with Crippen molar-refractivity contribution in [1.82, 2.24) is 26.1 Å². The Hall–Kier alpha value is -1.73. The number of aromatic nitrogens is 1. The van der Waals surface area contributed by atoms with E-state index < -0.39 is 5.41 Å². The first-order valence-electron chi connectivity index (χ1n) is 9.81. The van der Waals surface area contributed by atoms with Gasteiger partial charge in [0, 0.05) is 42.1 Å². The third-order valence-electron chi connectivity index (χ3n) is 7.14. The van der Waals surface area contributed by atoms with Crippen LogP contribution in [0, 0.1) is 5.41 Å². The Morgan fingerprint density at radius 3 is 2.96 bits per heavy atom. The van der Waals surface area contributed by atoms with Crippen molar-refractivity contribution in [3.63, 3.8) is 0 Å². The van der Waals surface area contributed by atoms with Crippen molar-refractivity contribution < 1.29 is 4.79 Å². The summed E-state index contributed by atoms with van der Waals surface area (Å²) in [6.07, 6.45) is 3.50. The van der Waals surface area contributed by atoms with Gasteiger partial charge < -0.3 is 15.6 Å². The highest BCUT2D eigenvalue weighted by molar-refractivity contribution is 6.04. The van der Waals surface area contributed by atoms with E-state index >= 15 is 0 Å². The van der Waals surface area contributed by atoms with Gasteiger partial charge in [0.25, 0.3) is 0 Å². The minimum absolute atomic E-state index is 0.199. The summed E-state index contributed by atoms with van der Waals surface area (Å²) < 4.78 is 0. The predicted octanol–water partition coefficient (Wildman–Crippen LogP) is 1.02. The lowest BCUT2D eigenvalue weighted by atomic mass is 9.67. The summed E-state index contributed by atoms with van der Waals surface area (Å²) >= 11 is 0. The molecule has 3 saturated heterocycles. The molecule has 0 amide bonds. The molecular formula is C20H25N5O. The van der Waals surface area contributed by atoms with Gasteiger partial charge in [0.1, 0.15) is 0 Å². The van der Waals surface area contributed by atoms with E-state index in [0.717, 1.165) is 49.2 Å². The van der Waals surface area contributed by atoms with Crippen molar-refractivity contribution >= 4 is 16.7 Å². The third-order valence-corrected chi connectivity index (χ3v) is 7.14. The minimum Gasteiger partial charge on any atom is -0.352 e. The number of H-pyrrole nitrogens is 1. The van der Waals surface area contributed by atoms with E-state index in [1.807, 2.05) is 24.3 Å². The lowest BCUT2D eigenvalue weighted by molar-refractivity contribution is 0.0512. The van der Waals surface area contributed by atoms with Gasteiger partial charge in [-0.3, -0.25) is 10.2 Å². The maximum Gasteiger partial charge on any atom is 0.189 e. The second-order valence-corrected chi connectivity index (χ2v) is 8.59. The molecule has 1 aliphatic carbocycles. The van der Waals surface area contributed by atoms with E-state index in [4.69, 9.17) is 0 Å². The molecule has 4 N–H and O–H groups in total. The number of rotatable bonds is 2. The Bertz CT molecular complexity index is 854. The lowest BCUT2D eigenvalue weighted by Crippen LogP contribution is -2.64. The Labute approximate surface area is 152 Å². The fourth-order valence-corrected chi connectivity index (χ4v) is 5.49. The Kier molecular flexibility index (Phi) is 3.05. The summed E-state index contributed by atoms with van der Waals surface area (Å²) in [6.45, 7) is 3.61. The van der Waals surface area contributed by atoms with Crippen LogP contribution in [0.3, 0.4) is 0 Å². The number of nitrogens with one attached hydrogen (secondary N) is 4. The van der Waals surface area contributed by atoms with Crippen LogP contribution in [0.25, 0.3) is 10.9 Å². The lowest BCUT2D eigenvalue weighted by Gasteiger charge is -2.44. The highest BCUT2D eigenvalue weighted by Gasteiger charge is 2.63. The molecule has 3 atom stereocenters. The van der Waals surface area contributed by atoms with Crippen LogP contribution < -0.4 is 16.1 Å². The van der Waals surface area contributed by atoms with E-state index in [2.05, 4.69) is 32.1 Å². The largest absolute Gasteiger partial charge is 0.352 e. The van der Waals surface area contributed by atoms with Crippen LogP contribution in [0.1, 0.15) is 29.8 Å². The van der Waals surface area contributed by atoms with E-state index in [-0.39, 0.29) is 17.9 Å². The van der Waals surface area contributed by atoms with Crippen LogP contribution in [0.2, 0.25) is 0 Å². The molecule has 4 aliphatic rings. The van der Waals surface area contributed by atoms with Gasteiger partial charge in [-0.25, -0.2) is 5.01 Å². The van der Waals surface area contributed by atoms with Gasteiger partial charge in [-0.15, -0.1) is 0 Å². The van der Waals surface area contributed by atoms with Gasteiger partial charge in [-0.05, 0) is 37.9 Å². The first kappa shape index (κ1) is 15.3. The molecular weight excluding hydrogens is 326 g/mol. The number of carbonyl (C=O) groups excluding carboxylic acids is 1. The molecule has 136 valence electrons. The second kappa shape index (κ2) is 5.16. The molecule has 0 bridgehead atoms. The summed E-state index contributed by atoms with van der Waals surface area (Å²) in [5.41, 5.74) is 5.40. The molecule has 26 heavy (non-hydrogen) atoms. The number of hydrogen-bond donors (Lipinski definition) is 4. The number of ketones is 1. The molecule has 1 saturated carbocycles. The van der Waals surface area contributed by atoms with Gasteiger partial charge >= 0.3 is 0 Å². The topological polar surface area (TPSA) is 72.2 Å². The summed E-state index contributed by atoms with van der Waals surface area (Å²) in [6, 6.07) is 10.6. The normalized spacial score (nSPS) is 35.4. The zero-order valence-corrected chi connectivity index (χ0v) is 14.8. The summed E-state index contributed by atoms with van der Waals surface area (Å²) in [4.78, 5) is 17.2. The Morgan fingerprint density at radius 2 is 2.12 bits per heavy atom. The SMILES string of the molecule is O=C(c1cc2ccccc2[nH]1)C12CNCCC1NN1CC3(CC3)NCC12. The molecule has 3 unspecified atom stereocenters. The van der Waals surface area contributed by atoms with Gasteiger partial charge in [0.15, 0.2) is 5.78 Å². The molecule has 1 spiro atoms. The number of piperazine rings is 1. The van der Waals surface area contributed by atoms with Crippen molar-refractivity contribution in [3.05, 3.63) is 36.0 Å². The number of para-hydroxylation sites is 1. The summed E-state index contributed by atoms with van der Waals surface area (Å²) in [7, 11) is 0. The quantitative estimate of drug-likeness (QED) is 0.608. The smallest absolute Gasteiger partial charge is 0.189 e. The zero-order chi connectivity index (χ0) is 17.4. The Morgan fingerprint density at radius 1 is 1.23 bits per heavy atom. The van der Waals surface area contributed by atoms with Crippen LogP contribution >= 0.6 is 0 Å². The first-order valence-corrected chi connectivity index (χ1v) is 9.81. The average Bonchev–Trinajstić information content (AvgIpc) is 3.15. The van der Waals surface area contributed by atoms with Crippen molar-refractivity contribution in [2.75, 3.05) is 26.2 Å². The summed E-state index contributed by atoms with van der Waals surface area (Å²) in [5.74, 6) is 0.249. The number of Topliss-reactive ketones (excluding diaryl/α,β-unsaturated/α-hetero) is 1. The molecule has 2 aromatic rings. The van der Waals surface area contributed by atoms with Gasteiger partial charge in [0.2, 0.25) is 0 Å². The number of piperidine rings is 1. The Balaban J connectivity index is 1.41. The number of hydrogen-bond acceptors (Lipinski definition) is 5. The molecule has 6 nitrogen and oxygen atoms in total. The third kappa shape index (κ3) is 1.98. The van der Waals surface area contributed by atoms with Crippen LogP contribution in [0.4, 0.5) is 0 Å². The molecule has 1 aromatic carbocycles.